The van der Waals surface area contributed by atoms with E-state index in [1.54, 1.807) is 4.90 Å². The van der Waals surface area contributed by atoms with Gasteiger partial charge in [-0.15, -0.1) is 0 Å². The minimum Gasteiger partial charge on any atom is -0.373 e. The highest BCUT2D eigenvalue weighted by Crippen LogP contribution is 2.53. The number of carbonyl (C=O) groups excluding carboxylic acids is 1. The fourth-order valence-corrected chi connectivity index (χ4v) is 4.41. The van der Waals surface area contributed by atoms with Crippen LogP contribution in [-0.4, -0.2) is 35.2 Å². The Morgan fingerprint density at radius 1 is 1.18 bits per heavy atom. The molecule has 1 heterocycles. The maximum atomic E-state index is 12.6. The quantitative estimate of drug-likeness (QED) is 0.638. The van der Waals surface area contributed by atoms with Crippen LogP contribution >= 0.6 is 0 Å². The highest BCUT2D eigenvalue weighted by Gasteiger charge is 2.58. The molecule has 4 heteroatoms. The molecule has 1 aliphatic heterocycles. The molecule has 22 heavy (non-hydrogen) atoms. The van der Waals surface area contributed by atoms with Crippen LogP contribution in [0.25, 0.3) is 0 Å². The summed E-state index contributed by atoms with van der Waals surface area (Å²) in [6.45, 7) is 2.08. The van der Waals surface area contributed by atoms with Gasteiger partial charge in [0.05, 0.1) is 5.92 Å². The Kier molecular flexibility index (Phi) is 3.51. The predicted molar refractivity (Wildman–Crippen MR) is 83.6 cm³/mol. The zero-order chi connectivity index (χ0) is 15.1. The Balaban J connectivity index is 1.32. The molecule has 0 spiro atoms. The van der Waals surface area contributed by atoms with Crippen molar-refractivity contribution in [3.8, 4) is 0 Å². The Labute approximate surface area is 130 Å². The third-order valence-electron chi connectivity index (χ3n) is 5.45. The Bertz CT molecular complexity index is 586. The standard InChI is InChI=1S/C18H22N2O2/c21-17-15-13-6-7-14(10-13)16(15)18(22)20(17)9-8-19-11-12-4-2-1-3-5-12/h1-7,13-17,19,21H,8-11H2/t13-,14+,15-,16+,17?/m0/s1. The predicted octanol–water partition coefficient (Wildman–Crippen LogP) is 1.38. The van der Waals surface area contributed by atoms with Crippen LogP contribution in [0.15, 0.2) is 42.5 Å². The first kappa shape index (κ1) is 14.0. The average molecular weight is 298 g/mol. The number of hydrogen-bond donors (Lipinski definition) is 2. The molecule has 3 aliphatic rings. The molecule has 5 atom stereocenters. The fourth-order valence-electron chi connectivity index (χ4n) is 4.41. The minimum atomic E-state index is -0.601. The molecule has 0 aromatic heterocycles. The zero-order valence-corrected chi connectivity index (χ0v) is 12.6. The summed E-state index contributed by atoms with van der Waals surface area (Å²) < 4.78 is 0. The largest absolute Gasteiger partial charge is 0.373 e. The van der Waals surface area contributed by atoms with E-state index in [4.69, 9.17) is 0 Å². The fraction of sp³-hybridized carbons (Fsp3) is 0.500. The molecule has 0 radical (unpaired) electrons. The average Bonchev–Trinajstić information content (AvgIpc) is 3.21. The van der Waals surface area contributed by atoms with Gasteiger partial charge in [0.25, 0.3) is 0 Å². The van der Waals surface area contributed by atoms with Gasteiger partial charge in [0.2, 0.25) is 5.91 Å². The first-order valence-electron chi connectivity index (χ1n) is 8.17. The molecule has 4 rings (SSSR count). The molecular weight excluding hydrogens is 276 g/mol. The van der Waals surface area contributed by atoms with Gasteiger partial charge >= 0.3 is 0 Å². The van der Waals surface area contributed by atoms with Crippen LogP contribution in [0.4, 0.5) is 0 Å². The van der Waals surface area contributed by atoms with Gasteiger partial charge in [0, 0.05) is 25.6 Å². The minimum absolute atomic E-state index is 0.0270. The summed E-state index contributed by atoms with van der Waals surface area (Å²) in [5.41, 5.74) is 1.23. The van der Waals surface area contributed by atoms with Crippen molar-refractivity contribution in [2.45, 2.75) is 19.2 Å². The number of fused-ring (bicyclic) bond motifs is 5. The van der Waals surface area contributed by atoms with Crippen LogP contribution in [0.3, 0.4) is 0 Å². The number of nitrogens with one attached hydrogen (secondary N) is 1. The van der Waals surface area contributed by atoms with Crippen LogP contribution in [0.1, 0.15) is 12.0 Å². The second-order valence-electron chi connectivity index (χ2n) is 6.66. The summed E-state index contributed by atoms with van der Waals surface area (Å²) in [5.74, 6) is 1.06. The Morgan fingerprint density at radius 2 is 1.95 bits per heavy atom. The SMILES string of the molecule is O=C1[C@H]2[C@@H](C(O)N1CCNCc1ccccc1)[C@H]1C=C[C@@H]2C1. The number of carbonyl (C=O) groups is 1. The van der Waals surface area contributed by atoms with E-state index in [1.165, 1.54) is 5.56 Å². The zero-order valence-electron chi connectivity index (χ0n) is 12.6. The van der Waals surface area contributed by atoms with E-state index in [0.29, 0.717) is 24.9 Å². The molecule has 1 aromatic rings. The first-order chi connectivity index (χ1) is 10.8. The van der Waals surface area contributed by atoms with Crippen molar-refractivity contribution in [3.05, 3.63) is 48.0 Å². The van der Waals surface area contributed by atoms with Gasteiger partial charge in [-0.25, -0.2) is 0 Å². The number of likely N-dealkylation sites (tertiary alicyclic amines) is 1. The molecule has 1 saturated heterocycles. The third-order valence-corrected chi connectivity index (χ3v) is 5.45. The molecule has 1 aromatic carbocycles. The number of amides is 1. The molecule has 4 nitrogen and oxygen atoms in total. The highest BCUT2D eigenvalue weighted by molar-refractivity contribution is 5.83. The summed E-state index contributed by atoms with van der Waals surface area (Å²) in [4.78, 5) is 14.2. The van der Waals surface area contributed by atoms with Crippen molar-refractivity contribution in [2.24, 2.45) is 23.7 Å². The van der Waals surface area contributed by atoms with Gasteiger partial charge in [0.15, 0.2) is 0 Å². The third kappa shape index (κ3) is 2.18. The number of benzene rings is 1. The van der Waals surface area contributed by atoms with Crippen LogP contribution in [0, 0.1) is 23.7 Å². The lowest BCUT2D eigenvalue weighted by Gasteiger charge is -2.25. The van der Waals surface area contributed by atoms with E-state index >= 15 is 0 Å². The number of allylic oxidation sites excluding steroid dienone is 2. The summed E-state index contributed by atoms with van der Waals surface area (Å²) >= 11 is 0. The van der Waals surface area contributed by atoms with Crippen molar-refractivity contribution < 1.29 is 9.90 Å². The van der Waals surface area contributed by atoms with E-state index in [-0.39, 0.29) is 17.7 Å². The van der Waals surface area contributed by atoms with E-state index in [2.05, 4.69) is 29.6 Å². The molecule has 1 amide bonds. The van der Waals surface area contributed by atoms with Crippen molar-refractivity contribution in [2.75, 3.05) is 13.1 Å². The molecule has 1 saturated carbocycles. The smallest absolute Gasteiger partial charge is 0.228 e. The van der Waals surface area contributed by atoms with Crippen LogP contribution in [-0.2, 0) is 11.3 Å². The lowest BCUT2D eigenvalue weighted by atomic mass is 9.85. The van der Waals surface area contributed by atoms with Crippen LogP contribution in [0.2, 0.25) is 0 Å². The van der Waals surface area contributed by atoms with Crippen LogP contribution in [0.5, 0.6) is 0 Å². The summed E-state index contributed by atoms with van der Waals surface area (Å²) in [6.07, 6.45) is 4.82. The van der Waals surface area contributed by atoms with Crippen LogP contribution < -0.4 is 5.32 Å². The van der Waals surface area contributed by atoms with Gasteiger partial charge in [-0.1, -0.05) is 42.5 Å². The second-order valence-corrected chi connectivity index (χ2v) is 6.66. The summed E-state index contributed by atoms with van der Waals surface area (Å²) in [7, 11) is 0. The van der Waals surface area contributed by atoms with Gasteiger partial charge in [-0.3, -0.25) is 4.79 Å². The summed E-state index contributed by atoms with van der Waals surface area (Å²) in [5, 5.41) is 13.9. The van der Waals surface area contributed by atoms with E-state index < -0.39 is 6.23 Å². The van der Waals surface area contributed by atoms with Crippen molar-refractivity contribution in [1.29, 1.82) is 0 Å². The van der Waals surface area contributed by atoms with Gasteiger partial charge < -0.3 is 15.3 Å². The number of aliphatic hydroxyl groups is 1. The molecule has 2 bridgehead atoms. The number of rotatable bonds is 5. The van der Waals surface area contributed by atoms with Crippen molar-refractivity contribution in [3.63, 3.8) is 0 Å². The summed E-state index contributed by atoms with van der Waals surface area (Å²) in [6, 6.07) is 10.2. The van der Waals surface area contributed by atoms with Crippen molar-refractivity contribution in [1.82, 2.24) is 10.2 Å². The lowest BCUT2D eigenvalue weighted by molar-refractivity contribution is -0.136. The molecule has 116 valence electrons. The monoisotopic (exact) mass is 298 g/mol. The molecule has 2 N–H and O–H groups in total. The molecule has 1 unspecified atom stereocenters. The lowest BCUT2D eigenvalue weighted by Crippen LogP contribution is -2.41. The van der Waals surface area contributed by atoms with Crippen molar-refractivity contribution >= 4 is 5.91 Å². The maximum absolute atomic E-state index is 12.6. The molecular formula is C18H22N2O2. The first-order valence-corrected chi connectivity index (χ1v) is 8.17. The highest BCUT2D eigenvalue weighted by atomic mass is 16.3. The van der Waals surface area contributed by atoms with E-state index in [9.17, 15) is 9.90 Å². The maximum Gasteiger partial charge on any atom is 0.228 e. The molecule has 2 aliphatic carbocycles. The second kappa shape index (κ2) is 5.52. The number of nitrogens with zero attached hydrogens (tertiary/aromatic N) is 1. The van der Waals surface area contributed by atoms with E-state index in [0.717, 1.165) is 13.0 Å². The van der Waals surface area contributed by atoms with Gasteiger partial charge in [-0.2, -0.15) is 0 Å². The number of aliphatic hydroxyl groups excluding tert-OH is 1. The normalized spacial score (nSPS) is 35.4. The number of hydrogen-bond acceptors (Lipinski definition) is 3. The van der Waals surface area contributed by atoms with Gasteiger partial charge in [-0.05, 0) is 23.8 Å². The topological polar surface area (TPSA) is 52.6 Å². The van der Waals surface area contributed by atoms with E-state index in [1.807, 2.05) is 18.2 Å². The van der Waals surface area contributed by atoms with Gasteiger partial charge in [0.1, 0.15) is 6.23 Å². The molecule has 2 fully saturated rings. The Hall–Kier alpha value is -1.65. The Morgan fingerprint density at radius 3 is 2.73 bits per heavy atom.